The van der Waals surface area contributed by atoms with E-state index in [1.165, 1.54) is 4.90 Å². The fourth-order valence-electron chi connectivity index (χ4n) is 6.45. The average molecular weight is 407 g/mol. The first-order chi connectivity index (χ1) is 14.5. The van der Waals surface area contributed by atoms with Crippen LogP contribution in [0.2, 0.25) is 0 Å². The Labute approximate surface area is 178 Å². The van der Waals surface area contributed by atoms with Crippen LogP contribution in [0.5, 0.6) is 0 Å². The molecule has 2 saturated heterocycles. The molecule has 5 rings (SSSR count). The van der Waals surface area contributed by atoms with E-state index in [4.69, 9.17) is 0 Å². The number of nitrogens with zero attached hydrogens (tertiary/aromatic N) is 2. The van der Waals surface area contributed by atoms with Crippen molar-refractivity contribution in [1.82, 2.24) is 9.80 Å². The zero-order valence-corrected chi connectivity index (χ0v) is 17.7. The summed E-state index contributed by atoms with van der Waals surface area (Å²) in [5.41, 5.74) is 0.866. The van der Waals surface area contributed by atoms with E-state index in [0.29, 0.717) is 0 Å². The van der Waals surface area contributed by atoms with E-state index in [2.05, 4.69) is 26.0 Å². The van der Waals surface area contributed by atoms with Crippen molar-refractivity contribution in [3.63, 3.8) is 0 Å². The highest BCUT2D eigenvalue weighted by molar-refractivity contribution is 6.07. The molecule has 2 bridgehead atoms. The lowest BCUT2D eigenvalue weighted by molar-refractivity contribution is -0.146. The first-order valence-electron chi connectivity index (χ1n) is 11.4. The number of imide groups is 1. The van der Waals surface area contributed by atoms with E-state index in [0.717, 1.165) is 31.2 Å². The van der Waals surface area contributed by atoms with Gasteiger partial charge in [0.05, 0.1) is 24.3 Å². The second-order valence-electron chi connectivity index (χ2n) is 9.61. The van der Waals surface area contributed by atoms with Crippen molar-refractivity contribution in [1.29, 1.82) is 0 Å². The Bertz CT molecular complexity index is 855. The zero-order chi connectivity index (χ0) is 21.0. The number of hydrogen-bond donors (Lipinski definition) is 0. The molecule has 5 heteroatoms. The van der Waals surface area contributed by atoms with Gasteiger partial charge in [0.2, 0.25) is 17.7 Å². The van der Waals surface area contributed by atoms with Crippen LogP contribution in [0, 0.1) is 23.7 Å². The van der Waals surface area contributed by atoms with E-state index >= 15 is 0 Å². The van der Waals surface area contributed by atoms with Gasteiger partial charge in [-0.05, 0) is 56.9 Å². The average Bonchev–Trinajstić information content (AvgIpc) is 3.41. The van der Waals surface area contributed by atoms with Gasteiger partial charge in [-0.25, -0.2) is 0 Å². The van der Waals surface area contributed by atoms with E-state index in [1.54, 1.807) is 0 Å². The second-order valence-corrected chi connectivity index (χ2v) is 9.61. The quantitative estimate of drug-likeness (QED) is 0.566. The number of piperidine rings is 1. The molecule has 3 amide bonds. The van der Waals surface area contributed by atoms with Crippen molar-refractivity contribution in [2.75, 3.05) is 0 Å². The molecule has 0 aromatic heterocycles. The minimum atomic E-state index is -0.523. The number of likely N-dealkylation sites (tertiary alicyclic amines) is 2. The van der Waals surface area contributed by atoms with Crippen LogP contribution < -0.4 is 0 Å². The molecule has 1 aromatic rings. The summed E-state index contributed by atoms with van der Waals surface area (Å²) in [6, 6.07) is 9.48. The van der Waals surface area contributed by atoms with Crippen LogP contribution in [0.25, 0.3) is 0 Å². The predicted molar refractivity (Wildman–Crippen MR) is 113 cm³/mol. The third-order valence-corrected chi connectivity index (χ3v) is 7.85. The van der Waals surface area contributed by atoms with E-state index in [-0.39, 0.29) is 59.9 Å². The molecule has 7 atom stereocenters. The molecular weight excluding hydrogens is 376 g/mol. The molecule has 0 N–H and O–H groups in total. The number of rotatable bonds is 4. The molecule has 1 aromatic carbocycles. The zero-order valence-electron chi connectivity index (χ0n) is 17.7. The molecule has 158 valence electrons. The number of carbonyl (C=O) groups is 3. The lowest BCUT2D eigenvalue weighted by Gasteiger charge is -2.40. The number of allylic oxidation sites excluding steroid dienone is 2. The van der Waals surface area contributed by atoms with Crippen LogP contribution >= 0.6 is 0 Å². The first-order valence-corrected chi connectivity index (χ1v) is 11.4. The number of hydrogen-bond acceptors (Lipinski definition) is 3. The summed E-state index contributed by atoms with van der Waals surface area (Å²) in [4.78, 5) is 43.7. The summed E-state index contributed by atoms with van der Waals surface area (Å²) in [5, 5.41) is 0. The van der Waals surface area contributed by atoms with Crippen LogP contribution in [0.4, 0.5) is 0 Å². The Morgan fingerprint density at radius 1 is 0.967 bits per heavy atom. The van der Waals surface area contributed by atoms with Gasteiger partial charge < -0.3 is 4.90 Å². The van der Waals surface area contributed by atoms with Gasteiger partial charge in [-0.3, -0.25) is 19.3 Å². The van der Waals surface area contributed by atoms with Gasteiger partial charge in [0.25, 0.3) is 0 Å². The maximum atomic E-state index is 13.4. The van der Waals surface area contributed by atoms with Gasteiger partial charge in [0, 0.05) is 12.1 Å². The number of carbonyl (C=O) groups excluding carboxylic acids is 3. The maximum absolute atomic E-state index is 13.4. The topological polar surface area (TPSA) is 57.7 Å². The van der Waals surface area contributed by atoms with Gasteiger partial charge in [0.15, 0.2) is 0 Å². The molecule has 2 aliphatic carbocycles. The summed E-state index contributed by atoms with van der Waals surface area (Å²) in [6.07, 6.45) is 8.45. The largest absolute Gasteiger partial charge is 0.337 e. The van der Waals surface area contributed by atoms with Gasteiger partial charge in [-0.2, -0.15) is 0 Å². The number of fused-ring (bicyclic) bond motifs is 5. The Hall–Kier alpha value is -2.43. The van der Waals surface area contributed by atoms with Gasteiger partial charge in [-0.1, -0.05) is 42.5 Å². The first kappa shape index (κ1) is 19.5. The fraction of sp³-hybridized carbons (Fsp3) is 0.560. The molecule has 1 saturated carbocycles. The smallest absolute Gasteiger partial charge is 0.234 e. The summed E-state index contributed by atoms with van der Waals surface area (Å²) in [6.45, 7) is 4.20. The predicted octanol–water partition coefficient (Wildman–Crippen LogP) is 3.71. The molecule has 0 radical (unpaired) electrons. The normalized spacial score (nSPS) is 35.8. The van der Waals surface area contributed by atoms with Crippen molar-refractivity contribution < 1.29 is 14.4 Å². The molecule has 2 heterocycles. The van der Waals surface area contributed by atoms with Crippen LogP contribution in [0.1, 0.15) is 57.6 Å². The van der Waals surface area contributed by atoms with Crippen molar-refractivity contribution in [3.8, 4) is 0 Å². The van der Waals surface area contributed by atoms with Crippen LogP contribution in [0.3, 0.4) is 0 Å². The Balaban J connectivity index is 1.46. The number of amides is 3. The van der Waals surface area contributed by atoms with Crippen molar-refractivity contribution in [2.24, 2.45) is 23.7 Å². The molecule has 2 aliphatic heterocycles. The SMILES string of the molecule is CC1CCCC(C)N1C(=O)CC(c1ccccc1)N1C(=O)C2C3C=CC(C3)C2C1=O. The number of benzene rings is 1. The molecule has 0 spiro atoms. The maximum Gasteiger partial charge on any atom is 0.234 e. The highest BCUT2D eigenvalue weighted by Gasteiger charge is 2.60. The van der Waals surface area contributed by atoms with Gasteiger partial charge in [-0.15, -0.1) is 0 Å². The molecule has 5 nitrogen and oxygen atoms in total. The minimum absolute atomic E-state index is 0.0438. The van der Waals surface area contributed by atoms with E-state index < -0.39 is 6.04 Å². The lowest BCUT2D eigenvalue weighted by atomic mass is 9.85. The summed E-state index contributed by atoms with van der Waals surface area (Å²) in [5.74, 6) is -0.233. The molecule has 7 unspecified atom stereocenters. The second kappa shape index (κ2) is 7.36. The standard InChI is InChI=1S/C25H30N2O3/c1-15-7-6-8-16(2)26(15)21(28)14-20(17-9-4-3-5-10-17)27-24(29)22-18-11-12-19(13-18)23(22)25(27)30/h3-5,9-12,15-16,18-20,22-23H,6-8,13-14H2,1-2H3. The summed E-state index contributed by atoms with van der Waals surface area (Å²) >= 11 is 0. The molecule has 30 heavy (non-hydrogen) atoms. The van der Waals surface area contributed by atoms with Gasteiger partial charge >= 0.3 is 0 Å². The van der Waals surface area contributed by atoms with Crippen LogP contribution in [0.15, 0.2) is 42.5 Å². The lowest BCUT2D eigenvalue weighted by Crippen LogP contribution is -2.49. The van der Waals surface area contributed by atoms with Crippen LogP contribution in [-0.2, 0) is 14.4 Å². The molecule has 3 fully saturated rings. The van der Waals surface area contributed by atoms with Crippen molar-refractivity contribution in [2.45, 2.75) is 64.1 Å². The highest BCUT2D eigenvalue weighted by atomic mass is 16.2. The Kier molecular flexibility index (Phi) is 4.79. The molecule has 4 aliphatic rings. The monoisotopic (exact) mass is 406 g/mol. The van der Waals surface area contributed by atoms with Crippen LogP contribution in [-0.4, -0.2) is 39.6 Å². The summed E-state index contributed by atoms with van der Waals surface area (Å²) in [7, 11) is 0. The fourth-order valence-corrected chi connectivity index (χ4v) is 6.45. The Morgan fingerprint density at radius 3 is 2.10 bits per heavy atom. The summed E-state index contributed by atoms with van der Waals surface area (Å²) < 4.78 is 0. The van der Waals surface area contributed by atoms with Crippen molar-refractivity contribution >= 4 is 17.7 Å². The highest BCUT2D eigenvalue weighted by Crippen LogP contribution is 2.54. The third kappa shape index (κ3) is 2.93. The Morgan fingerprint density at radius 2 is 1.53 bits per heavy atom. The van der Waals surface area contributed by atoms with E-state index in [1.807, 2.05) is 35.2 Å². The minimum Gasteiger partial charge on any atom is -0.337 e. The van der Waals surface area contributed by atoms with Gasteiger partial charge in [0.1, 0.15) is 0 Å². The van der Waals surface area contributed by atoms with Crippen molar-refractivity contribution in [3.05, 3.63) is 48.0 Å². The third-order valence-electron chi connectivity index (χ3n) is 7.85. The van der Waals surface area contributed by atoms with E-state index in [9.17, 15) is 14.4 Å². The molecular formula is C25H30N2O3.